The van der Waals surface area contributed by atoms with Crippen molar-refractivity contribution in [2.24, 2.45) is 29.4 Å². The van der Waals surface area contributed by atoms with E-state index in [-0.39, 0.29) is 11.4 Å². The molecule has 3 fully saturated rings. The smallest absolute Gasteiger partial charge is 0.224 e. The molecule has 3 aliphatic carbocycles. The average molecular weight is 222 g/mol. The predicted octanol–water partition coefficient (Wildman–Crippen LogP) is 1.28. The maximum absolute atomic E-state index is 12.2. The van der Waals surface area contributed by atoms with Crippen molar-refractivity contribution in [2.75, 3.05) is 6.54 Å². The van der Waals surface area contributed by atoms with Crippen LogP contribution in [0.5, 0.6) is 0 Å². The third kappa shape index (κ3) is 1.56. The van der Waals surface area contributed by atoms with Crippen molar-refractivity contribution in [3.05, 3.63) is 0 Å². The van der Waals surface area contributed by atoms with Gasteiger partial charge in [-0.2, -0.15) is 0 Å². The van der Waals surface area contributed by atoms with Gasteiger partial charge in [-0.15, -0.1) is 0 Å². The van der Waals surface area contributed by atoms with E-state index in [1.165, 1.54) is 32.1 Å². The number of hydrogen-bond acceptors (Lipinski definition) is 2. The van der Waals surface area contributed by atoms with Crippen molar-refractivity contribution >= 4 is 5.91 Å². The molecule has 3 aliphatic rings. The Bertz CT molecular complexity index is 303. The van der Waals surface area contributed by atoms with Gasteiger partial charge in [-0.1, -0.05) is 6.42 Å². The Labute approximate surface area is 97.2 Å². The van der Waals surface area contributed by atoms with Crippen LogP contribution in [0.4, 0.5) is 0 Å². The number of nitrogens with one attached hydrogen (secondary N) is 1. The fourth-order valence-electron chi connectivity index (χ4n) is 3.62. The highest BCUT2D eigenvalue weighted by Gasteiger charge is 2.57. The molecular formula is C13H22N2O. The minimum atomic E-state index is -0.131. The number of nitrogens with two attached hydrogens (primary N) is 1. The van der Waals surface area contributed by atoms with Crippen LogP contribution >= 0.6 is 0 Å². The van der Waals surface area contributed by atoms with E-state index in [1.54, 1.807) is 0 Å². The third-order valence-corrected chi connectivity index (χ3v) is 5.02. The second-order valence-corrected chi connectivity index (χ2v) is 6.17. The molecule has 16 heavy (non-hydrogen) atoms. The van der Waals surface area contributed by atoms with Crippen molar-refractivity contribution in [3.63, 3.8) is 0 Å². The van der Waals surface area contributed by atoms with Crippen molar-refractivity contribution in [1.29, 1.82) is 0 Å². The normalized spacial score (nSPS) is 40.0. The molecule has 90 valence electrons. The molecular weight excluding hydrogens is 200 g/mol. The van der Waals surface area contributed by atoms with Gasteiger partial charge in [0, 0.05) is 12.5 Å². The zero-order valence-electron chi connectivity index (χ0n) is 10.0. The summed E-state index contributed by atoms with van der Waals surface area (Å²) in [5, 5.41) is 3.23. The lowest BCUT2D eigenvalue weighted by molar-refractivity contribution is -0.125. The van der Waals surface area contributed by atoms with E-state index in [0.29, 0.717) is 30.2 Å². The van der Waals surface area contributed by atoms with E-state index in [4.69, 9.17) is 5.73 Å². The van der Waals surface area contributed by atoms with Crippen LogP contribution in [0.3, 0.4) is 0 Å². The lowest BCUT2D eigenvalue weighted by atomic mass is 9.95. The largest absolute Gasteiger partial charge is 0.349 e. The Hall–Kier alpha value is -0.570. The van der Waals surface area contributed by atoms with Gasteiger partial charge in [0.15, 0.2) is 0 Å². The van der Waals surface area contributed by atoms with Gasteiger partial charge in [0.25, 0.3) is 0 Å². The Kier molecular flexibility index (Phi) is 2.29. The van der Waals surface area contributed by atoms with Gasteiger partial charge < -0.3 is 11.1 Å². The average Bonchev–Trinajstić information content (AvgIpc) is 3.17. The molecule has 3 unspecified atom stereocenters. The Morgan fingerprint density at radius 1 is 1.31 bits per heavy atom. The van der Waals surface area contributed by atoms with Gasteiger partial charge in [0.05, 0.1) is 5.54 Å². The molecule has 0 aromatic carbocycles. The summed E-state index contributed by atoms with van der Waals surface area (Å²) in [7, 11) is 0. The minimum Gasteiger partial charge on any atom is -0.349 e. The van der Waals surface area contributed by atoms with Crippen LogP contribution in [-0.4, -0.2) is 18.0 Å². The Morgan fingerprint density at radius 3 is 2.44 bits per heavy atom. The van der Waals surface area contributed by atoms with E-state index < -0.39 is 0 Å². The van der Waals surface area contributed by atoms with Gasteiger partial charge in [0.1, 0.15) is 0 Å². The first-order valence-electron chi connectivity index (χ1n) is 6.68. The maximum atomic E-state index is 12.2. The Balaban J connectivity index is 1.59. The van der Waals surface area contributed by atoms with E-state index in [2.05, 4.69) is 12.2 Å². The third-order valence-electron chi connectivity index (χ3n) is 5.02. The van der Waals surface area contributed by atoms with Crippen LogP contribution in [0, 0.1) is 23.7 Å². The molecule has 3 rings (SSSR count). The molecule has 0 spiro atoms. The minimum absolute atomic E-state index is 0.131. The van der Waals surface area contributed by atoms with Gasteiger partial charge in [-0.05, 0) is 50.4 Å². The van der Waals surface area contributed by atoms with Crippen LogP contribution in [0.2, 0.25) is 0 Å². The van der Waals surface area contributed by atoms with Crippen molar-refractivity contribution < 1.29 is 4.79 Å². The van der Waals surface area contributed by atoms with Crippen LogP contribution < -0.4 is 11.1 Å². The number of rotatable bonds is 4. The summed E-state index contributed by atoms with van der Waals surface area (Å²) in [5.41, 5.74) is 5.69. The molecule has 1 amide bonds. The van der Waals surface area contributed by atoms with E-state index in [0.717, 1.165) is 0 Å². The standard InChI is InChI=1S/C13H22N2O/c1-13(7-14,8-5-6-8)15-12(16)11-9-3-2-4-10(9)11/h8-11H,2-7,14H2,1H3,(H,15,16). The fraction of sp³-hybridized carbons (Fsp3) is 0.923. The first-order valence-corrected chi connectivity index (χ1v) is 6.68. The van der Waals surface area contributed by atoms with E-state index in [9.17, 15) is 4.79 Å². The van der Waals surface area contributed by atoms with Gasteiger partial charge >= 0.3 is 0 Å². The predicted molar refractivity (Wildman–Crippen MR) is 62.6 cm³/mol. The molecule has 3 heteroatoms. The molecule has 0 aromatic heterocycles. The topological polar surface area (TPSA) is 55.1 Å². The molecule has 3 nitrogen and oxygen atoms in total. The molecule has 0 radical (unpaired) electrons. The number of carbonyl (C=O) groups excluding carboxylic acids is 1. The first-order chi connectivity index (χ1) is 7.65. The monoisotopic (exact) mass is 222 g/mol. The number of hydrogen-bond donors (Lipinski definition) is 2. The van der Waals surface area contributed by atoms with Crippen LogP contribution in [-0.2, 0) is 4.79 Å². The zero-order valence-corrected chi connectivity index (χ0v) is 10.0. The van der Waals surface area contributed by atoms with Crippen LogP contribution in [0.1, 0.15) is 39.0 Å². The van der Waals surface area contributed by atoms with Crippen LogP contribution in [0.25, 0.3) is 0 Å². The lowest BCUT2D eigenvalue weighted by Crippen LogP contribution is -2.53. The molecule has 3 saturated carbocycles. The van der Waals surface area contributed by atoms with Crippen LogP contribution in [0.15, 0.2) is 0 Å². The SMILES string of the molecule is CC(CN)(NC(=O)C1C2CCCC21)C1CC1. The zero-order chi connectivity index (χ0) is 11.3. The summed E-state index contributed by atoms with van der Waals surface area (Å²) < 4.78 is 0. The molecule has 0 bridgehead atoms. The quantitative estimate of drug-likeness (QED) is 0.752. The summed E-state index contributed by atoms with van der Waals surface area (Å²) in [6.45, 7) is 2.69. The van der Waals surface area contributed by atoms with Gasteiger partial charge in [-0.25, -0.2) is 0 Å². The highest BCUT2D eigenvalue weighted by atomic mass is 16.2. The van der Waals surface area contributed by atoms with Crippen molar-refractivity contribution in [1.82, 2.24) is 5.32 Å². The maximum Gasteiger partial charge on any atom is 0.224 e. The molecule has 0 aliphatic heterocycles. The molecule has 3 atom stereocenters. The highest BCUT2D eigenvalue weighted by Crippen LogP contribution is 2.57. The molecule has 0 saturated heterocycles. The number of amides is 1. The fourth-order valence-corrected chi connectivity index (χ4v) is 3.62. The van der Waals surface area contributed by atoms with Gasteiger partial charge in [0.2, 0.25) is 5.91 Å². The van der Waals surface area contributed by atoms with Gasteiger partial charge in [-0.3, -0.25) is 4.79 Å². The summed E-state index contributed by atoms with van der Waals surface area (Å²) in [6, 6.07) is 0. The van der Waals surface area contributed by atoms with E-state index in [1.807, 2.05) is 0 Å². The van der Waals surface area contributed by atoms with Crippen molar-refractivity contribution in [2.45, 2.75) is 44.6 Å². The molecule has 0 aromatic rings. The summed E-state index contributed by atoms with van der Waals surface area (Å²) in [4.78, 5) is 12.2. The Morgan fingerprint density at radius 2 is 1.94 bits per heavy atom. The second-order valence-electron chi connectivity index (χ2n) is 6.17. The summed E-state index contributed by atoms with van der Waals surface area (Å²) in [6.07, 6.45) is 6.32. The number of fused-ring (bicyclic) bond motifs is 1. The second kappa shape index (κ2) is 3.46. The lowest BCUT2D eigenvalue weighted by Gasteiger charge is -2.30. The highest BCUT2D eigenvalue weighted by molar-refractivity contribution is 5.83. The first kappa shape index (κ1) is 10.6. The summed E-state index contributed by atoms with van der Waals surface area (Å²) in [5.74, 6) is 2.66. The molecule has 3 N–H and O–H groups in total. The van der Waals surface area contributed by atoms with E-state index >= 15 is 0 Å². The number of carbonyl (C=O) groups is 1. The molecule has 0 heterocycles. The summed E-state index contributed by atoms with van der Waals surface area (Å²) >= 11 is 0. The van der Waals surface area contributed by atoms with Crippen molar-refractivity contribution in [3.8, 4) is 0 Å².